The van der Waals surface area contributed by atoms with Gasteiger partial charge in [0.15, 0.2) is 5.76 Å². The number of rotatable bonds is 3. The molecule has 1 fully saturated rings. The summed E-state index contributed by atoms with van der Waals surface area (Å²) in [5, 5.41) is 2.30. The van der Waals surface area contributed by atoms with E-state index in [1.807, 2.05) is 37.8 Å². The predicted octanol–water partition coefficient (Wildman–Crippen LogP) is 1.74. The SMILES string of the molecule is CC(C)(C)OC(=O)N1CCC([NH2+]Cc2ccco2)CC1. The van der Waals surface area contributed by atoms with Gasteiger partial charge in [-0.2, -0.15) is 0 Å². The highest BCUT2D eigenvalue weighted by atomic mass is 16.6. The third-order valence-electron chi connectivity index (χ3n) is 3.42. The molecule has 0 spiro atoms. The van der Waals surface area contributed by atoms with Gasteiger partial charge in [-0.3, -0.25) is 0 Å². The molecule has 1 aromatic rings. The molecule has 2 rings (SSSR count). The molecule has 20 heavy (non-hydrogen) atoms. The number of ether oxygens (including phenoxy) is 1. The lowest BCUT2D eigenvalue weighted by molar-refractivity contribution is -0.708. The highest BCUT2D eigenvalue weighted by Crippen LogP contribution is 2.14. The summed E-state index contributed by atoms with van der Waals surface area (Å²) in [6.45, 7) is 8.10. The van der Waals surface area contributed by atoms with Crippen LogP contribution in [0.1, 0.15) is 39.4 Å². The Hall–Kier alpha value is -1.49. The molecule has 1 aromatic heterocycles. The minimum atomic E-state index is -0.417. The van der Waals surface area contributed by atoms with Crippen molar-refractivity contribution in [3.63, 3.8) is 0 Å². The van der Waals surface area contributed by atoms with Gasteiger partial charge in [-0.05, 0) is 32.9 Å². The van der Waals surface area contributed by atoms with Gasteiger partial charge >= 0.3 is 6.09 Å². The highest BCUT2D eigenvalue weighted by molar-refractivity contribution is 5.68. The van der Waals surface area contributed by atoms with E-state index in [1.165, 1.54) is 0 Å². The second-order valence-electron chi connectivity index (χ2n) is 6.32. The molecular weight excluding hydrogens is 256 g/mol. The standard InChI is InChI=1S/C15H24N2O3/c1-15(2,3)20-14(18)17-8-6-12(7-9-17)16-11-13-5-4-10-19-13/h4-5,10,12,16H,6-9,11H2,1-3H3/p+1. The Labute approximate surface area is 120 Å². The second-order valence-corrected chi connectivity index (χ2v) is 6.32. The number of piperidine rings is 1. The van der Waals surface area contributed by atoms with Gasteiger partial charge in [0.2, 0.25) is 0 Å². The zero-order valence-electron chi connectivity index (χ0n) is 12.6. The molecule has 2 heterocycles. The Morgan fingerprint density at radius 1 is 1.45 bits per heavy atom. The van der Waals surface area contributed by atoms with Crippen LogP contribution in [0.2, 0.25) is 0 Å². The van der Waals surface area contributed by atoms with Crippen molar-refractivity contribution < 1.29 is 19.3 Å². The van der Waals surface area contributed by atoms with Crippen LogP contribution in [0.5, 0.6) is 0 Å². The fourth-order valence-corrected chi connectivity index (χ4v) is 2.36. The van der Waals surface area contributed by atoms with Gasteiger partial charge in [0, 0.05) is 25.9 Å². The summed E-state index contributed by atoms with van der Waals surface area (Å²) in [6, 6.07) is 4.46. The largest absolute Gasteiger partial charge is 0.463 e. The molecule has 0 radical (unpaired) electrons. The van der Waals surface area contributed by atoms with Crippen LogP contribution in [0.15, 0.2) is 22.8 Å². The summed E-state index contributed by atoms with van der Waals surface area (Å²) >= 11 is 0. The Kier molecular flexibility index (Phi) is 4.70. The van der Waals surface area contributed by atoms with Crippen LogP contribution in [-0.2, 0) is 11.3 Å². The maximum absolute atomic E-state index is 11.9. The van der Waals surface area contributed by atoms with E-state index in [2.05, 4.69) is 5.32 Å². The quantitative estimate of drug-likeness (QED) is 0.918. The molecular formula is C15H25N2O3+. The van der Waals surface area contributed by atoms with Crippen molar-refractivity contribution in [1.29, 1.82) is 0 Å². The lowest BCUT2D eigenvalue weighted by atomic mass is 10.1. The first-order valence-corrected chi connectivity index (χ1v) is 7.28. The number of carbonyl (C=O) groups excluding carboxylic acids is 1. The molecule has 1 amide bonds. The third kappa shape index (κ3) is 4.56. The van der Waals surface area contributed by atoms with Crippen molar-refractivity contribution in [2.45, 2.75) is 51.8 Å². The van der Waals surface area contributed by atoms with Crippen LogP contribution in [0.25, 0.3) is 0 Å². The van der Waals surface area contributed by atoms with E-state index in [4.69, 9.17) is 9.15 Å². The lowest BCUT2D eigenvalue weighted by Crippen LogP contribution is -2.89. The summed E-state index contributed by atoms with van der Waals surface area (Å²) in [5.74, 6) is 1.000. The number of quaternary nitrogens is 1. The average molecular weight is 281 g/mol. The zero-order valence-corrected chi connectivity index (χ0v) is 12.6. The Bertz CT molecular complexity index is 415. The Morgan fingerprint density at radius 3 is 2.70 bits per heavy atom. The van der Waals surface area contributed by atoms with Crippen LogP contribution >= 0.6 is 0 Å². The number of hydrogen-bond donors (Lipinski definition) is 1. The Balaban J connectivity index is 1.71. The molecule has 1 aliphatic heterocycles. The van der Waals surface area contributed by atoms with Crippen LogP contribution in [-0.4, -0.2) is 35.7 Å². The number of nitrogens with zero attached hydrogens (tertiary/aromatic N) is 1. The van der Waals surface area contributed by atoms with Crippen LogP contribution < -0.4 is 5.32 Å². The van der Waals surface area contributed by atoms with Crippen LogP contribution in [0, 0.1) is 0 Å². The molecule has 1 aliphatic rings. The van der Waals surface area contributed by atoms with E-state index < -0.39 is 5.60 Å². The first-order chi connectivity index (χ1) is 9.44. The molecule has 112 valence electrons. The van der Waals surface area contributed by atoms with Crippen molar-refractivity contribution in [2.75, 3.05) is 13.1 Å². The van der Waals surface area contributed by atoms with Gasteiger partial charge in [0.25, 0.3) is 0 Å². The van der Waals surface area contributed by atoms with Crippen molar-refractivity contribution in [1.82, 2.24) is 4.90 Å². The summed E-state index contributed by atoms with van der Waals surface area (Å²) in [5.41, 5.74) is -0.417. The maximum Gasteiger partial charge on any atom is 0.410 e. The molecule has 2 N–H and O–H groups in total. The maximum atomic E-state index is 11.9. The molecule has 0 aromatic carbocycles. The minimum absolute atomic E-state index is 0.193. The molecule has 0 saturated carbocycles. The van der Waals surface area contributed by atoms with E-state index >= 15 is 0 Å². The summed E-state index contributed by atoms with van der Waals surface area (Å²) in [4.78, 5) is 13.8. The molecule has 0 bridgehead atoms. The highest BCUT2D eigenvalue weighted by Gasteiger charge is 2.28. The first-order valence-electron chi connectivity index (χ1n) is 7.28. The van der Waals surface area contributed by atoms with E-state index in [1.54, 1.807) is 6.26 Å². The zero-order chi connectivity index (χ0) is 14.6. The number of amides is 1. The third-order valence-corrected chi connectivity index (χ3v) is 3.42. The molecule has 0 aliphatic carbocycles. The topological polar surface area (TPSA) is 59.3 Å². The number of likely N-dealkylation sites (tertiary alicyclic amines) is 1. The van der Waals surface area contributed by atoms with Gasteiger partial charge in [-0.15, -0.1) is 0 Å². The molecule has 1 saturated heterocycles. The minimum Gasteiger partial charge on any atom is -0.463 e. The predicted molar refractivity (Wildman–Crippen MR) is 75.2 cm³/mol. The number of carbonyl (C=O) groups is 1. The lowest BCUT2D eigenvalue weighted by Gasteiger charge is -2.32. The summed E-state index contributed by atoms with van der Waals surface area (Å²) in [7, 11) is 0. The fourth-order valence-electron chi connectivity index (χ4n) is 2.36. The molecule has 5 heteroatoms. The smallest absolute Gasteiger partial charge is 0.410 e. The fraction of sp³-hybridized carbons (Fsp3) is 0.667. The van der Waals surface area contributed by atoms with Crippen LogP contribution in [0.4, 0.5) is 4.79 Å². The Morgan fingerprint density at radius 2 is 2.15 bits per heavy atom. The molecule has 5 nitrogen and oxygen atoms in total. The van der Waals surface area contributed by atoms with E-state index in [0.29, 0.717) is 6.04 Å². The second kappa shape index (κ2) is 6.31. The normalized spacial score (nSPS) is 17.2. The van der Waals surface area contributed by atoms with Crippen molar-refractivity contribution in [3.8, 4) is 0 Å². The van der Waals surface area contributed by atoms with Gasteiger partial charge < -0.3 is 19.4 Å². The summed E-state index contributed by atoms with van der Waals surface area (Å²) in [6.07, 6.45) is 3.51. The van der Waals surface area contributed by atoms with Crippen molar-refractivity contribution in [2.24, 2.45) is 0 Å². The first kappa shape index (κ1) is 14.9. The number of nitrogens with two attached hydrogens (primary N) is 1. The number of furan rings is 1. The monoisotopic (exact) mass is 281 g/mol. The van der Waals surface area contributed by atoms with Gasteiger partial charge in [0.05, 0.1) is 12.3 Å². The van der Waals surface area contributed by atoms with Gasteiger partial charge in [-0.1, -0.05) is 0 Å². The van der Waals surface area contributed by atoms with E-state index in [-0.39, 0.29) is 6.09 Å². The molecule has 0 atom stereocenters. The summed E-state index contributed by atoms with van der Waals surface area (Å²) < 4.78 is 10.7. The van der Waals surface area contributed by atoms with E-state index in [9.17, 15) is 4.79 Å². The van der Waals surface area contributed by atoms with Gasteiger partial charge in [-0.25, -0.2) is 4.79 Å². The molecule has 0 unspecified atom stereocenters. The average Bonchev–Trinajstić information content (AvgIpc) is 2.88. The van der Waals surface area contributed by atoms with Crippen molar-refractivity contribution in [3.05, 3.63) is 24.2 Å². The van der Waals surface area contributed by atoms with Crippen molar-refractivity contribution >= 4 is 6.09 Å². The van der Waals surface area contributed by atoms with Crippen LogP contribution in [0.3, 0.4) is 0 Å². The van der Waals surface area contributed by atoms with E-state index in [0.717, 1.165) is 38.2 Å². The van der Waals surface area contributed by atoms with Gasteiger partial charge in [0.1, 0.15) is 12.1 Å². The number of hydrogen-bond acceptors (Lipinski definition) is 3.